The Morgan fingerprint density at radius 2 is 1.71 bits per heavy atom. The maximum Gasteiger partial charge on any atom is 0.259 e. The van der Waals surface area contributed by atoms with Gasteiger partial charge in [-0.3, -0.25) is 14.3 Å². The van der Waals surface area contributed by atoms with Crippen LogP contribution in [0.15, 0.2) is 24.3 Å². The van der Waals surface area contributed by atoms with Gasteiger partial charge in [-0.05, 0) is 52.0 Å². The standard InChI is InChI=1S/C18H24N4O2/c1-6-22(7-2)18(24)14-8-10-15(11-9-14)19-17(23)16-12(3)20-21(5)13(16)4/h8-11H,6-7H2,1-5H3,(H,19,23). The molecule has 1 heterocycles. The fourth-order valence-electron chi connectivity index (χ4n) is 2.69. The highest BCUT2D eigenvalue weighted by atomic mass is 16.2. The van der Waals surface area contributed by atoms with Gasteiger partial charge in [0.1, 0.15) is 0 Å². The maximum atomic E-state index is 12.4. The summed E-state index contributed by atoms with van der Waals surface area (Å²) in [5.74, 6) is -0.197. The third-order valence-electron chi connectivity index (χ3n) is 4.18. The summed E-state index contributed by atoms with van der Waals surface area (Å²) < 4.78 is 1.69. The Bertz CT molecular complexity index is 743. The second-order valence-electron chi connectivity index (χ2n) is 5.68. The zero-order valence-electron chi connectivity index (χ0n) is 14.9. The molecule has 0 atom stereocenters. The Morgan fingerprint density at radius 1 is 1.12 bits per heavy atom. The number of nitrogens with one attached hydrogen (secondary N) is 1. The lowest BCUT2D eigenvalue weighted by atomic mass is 10.1. The number of aromatic nitrogens is 2. The van der Waals surface area contributed by atoms with Gasteiger partial charge in [0.2, 0.25) is 0 Å². The molecule has 0 radical (unpaired) electrons. The molecule has 0 fully saturated rings. The van der Waals surface area contributed by atoms with Gasteiger partial charge in [0.15, 0.2) is 0 Å². The number of nitrogens with zero attached hydrogens (tertiary/aromatic N) is 3. The van der Waals surface area contributed by atoms with Crippen LogP contribution in [0.25, 0.3) is 0 Å². The van der Waals surface area contributed by atoms with Crippen LogP contribution in [0.4, 0.5) is 5.69 Å². The van der Waals surface area contributed by atoms with Crippen molar-refractivity contribution in [1.29, 1.82) is 0 Å². The summed E-state index contributed by atoms with van der Waals surface area (Å²) >= 11 is 0. The van der Waals surface area contributed by atoms with E-state index in [1.54, 1.807) is 33.8 Å². The monoisotopic (exact) mass is 328 g/mol. The number of carbonyl (C=O) groups excluding carboxylic acids is 2. The first-order valence-electron chi connectivity index (χ1n) is 8.09. The predicted octanol–water partition coefficient (Wildman–Crippen LogP) is 2.77. The van der Waals surface area contributed by atoms with Crippen LogP contribution >= 0.6 is 0 Å². The fourth-order valence-corrected chi connectivity index (χ4v) is 2.69. The SMILES string of the molecule is CCN(CC)C(=O)c1ccc(NC(=O)c2c(C)nn(C)c2C)cc1. The van der Waals surface area contributed by atoms with Crippen molar-refractivity contribution in [2.75, 3.05) is 18.4 Å². The third-order valence-corrected chi connectivity index (χ3v) is 4.18. The predicted molar refractivity (Wildman–Crippen MR) is 94.3 cm³/mol. The highest BCUT2D eigenvalue weighted by Crippen LogP contribution is 2.16. The minimum Gasteiger partial charge on any atom is -0.339 e. The summed E-state index contributed by atoms with van der Waals surface area (Å²) in [6.07, 6.45) is 0. The molecule has 2 rings (SSSR count). The Balaban J connectivity index is 2.14. The molecule has 128 valence electrons. The summed E-state index contributed by atoms with van der Waals surface area (Å²) in [5.41, 5.74) is 3.36. The first-order valence-corrected chi connectivity index (χ1v) is 8.09. The van der Waals surface area contributed by atoms with Crippen molar-refractivity contribution in [3.63, 3.8) is 0 Å². The van der Waals surface area contributed by atoms with Gasteiger partial charge >= 0.3 is 0 Å². The number of anilines is 1. The van der Waals surface area contributed by atoms with Crippen LogP contribution < -0.4 is 5.32 Å². The Hall–Kier alpha value is -2.63. The van der Waals surface area contributed by atoms with Crippen molar-refractivity contribution in [3.05, 3.63) is 46.8 Å². The zero-order valence-corrected chi connectivity index (χ0v) is 14.9. The summed E-state index contributed by atoms with van der Waals surface area (Å²) in [4.78, 5) is 26.5. The Morgan fingerprint density at radius 3 is 2.17 bits per heavy atom. The number of hydrogen-bond donors (Lipinski definition) is 1. The molecule has 0 aliphatic heterocycles. The number of rotatable bonds is 5. The Labute approximate surface area is 142 Å². The van der Waals surface area contributed by atoms with E-state index in [0.717, 1.165) is 5.69 Å². The lowest BCUT2D eigenvalue weighted by molar-refractivity contribution is 0.0773. The lowest BCUT2D eigenvalue weighted by Gasteiger charge is -2.18. The molecule has 1 aromatic carbocycles. The average molecular weight is 328 g/mol. The van der Waals surface area contributed by atoms with Gasteiger partial charge < -0.3 is 10.2 Å². The van der Waals surface area contributed by atoms with Crippen LogP contribution in [0.3, 0.4) is 0 Å². The van der Waals surface area contributed by atoms with Gasteiger partial charge in [-0.15, -0.1) is 0 Å². The number of hydrogen-bond acceptors (Lipinski definition) is 3. The molecule has 1 aromatic heterocycles. The average Bonchev–Trinajstić information content (AvgIpc) is 2.81. The Kier molecular flexibility index (Phi) is 5.39. The molecule has 0 aliphatic carbocycles. The minimum absolute atomic E-state index is 0.00294. The molecule has 2 amide bonds. The van der Waals surface area contributed by atoms with Gasteiger partial charge in [0.25, 0.3) is 11.8 Å². The fraction of sp³-hybridized carbons (Fsp3) is 0.389. The van der Waals surface area contributed by atoms with E-state index in [1.807, 2.05) is 34.7 Å². The minimum atomic E-state index is -0.194. The summed E-state index contributed by atoms with van der Waals surface area (Å²) in [6, 6.07) is 6.96. The molecule has 0 unspecified atom stereocenters. The third kappa shape index (κ3) is 3.48. The van der Waals surface area contributed by atoms with Crippen molar-refractivity contribution in [1.82, 2.24) is 14.7 Å². The number of amides is 2. The number of benzene rings is 1. The molecule has 6 nitrogen and oxygen atoms in total. The quantitative estimate of drug-likeness (QED) is 0.918. The smallest absolute Gasteiger partial charge is 0.259 e. The van der Waals surface area contributed by atoms with Gasteiger partial charge in [0.05, 0.1) is 11.3 Å². The second kappa shape index (κ2) is 7.29. The van der Waals surface area contributed by atoms with Crippen molar-refractivity contribution in [2.24, 2.45) is 7.05 Å². The van der Waals surface area contributed by atoms with E-state index < -0.39 is 0 Å². The van der Waals surface area contributed by atoms with Crippen molar-refractivity contribution < 1.29 is 9.59 Å². The summed E-state index contributed by atoms with van der Waals surface area (Å²) in [6.45, 7) is 8.93. The molecule has 0 spiro atoms. The molecule has 0 saturated heterocycles. The van der Waals surface area contributed by atoms with Crippen LogP contribution in [0.5, 0.6) is 0 Å². The van der Waals surface area contributed by atoms with Crippen molar-refractivity contribution in [2.45, 2.75) is 27.7 Å². The number of aryl methyl sites for hydroxylation is 2. The van der Waals surface area contributed by atoms with Crippen molar-refractivity contribution >= 4 is 17.5 Å². The van der Waals surface area contributed by atoms with Crippen molar-refractivity contribution in [3.8, 4) is 0 Å². The van der Waals surface area contributed by atoms with Gasteiger partial charge in [-0.2, -0.15) is 5.10 Å². The van der Waals surface area contributed by atoms with Crippen LogP contribution in [0.1, 0.15) is 46.0 Å². The van der Waals surface area contributed by atoms with Gasteiger partial charge in [-0.1, -0.05) is 0 Å². The highest BCUT2D eigenvalue weighted by molar-refractivity contribution is 6.06. The van der Waals surface area contributed by atoms with E-state index in [9.17, 15) is 9.59 Å². The zero-order chi connectivity index (χ0) is 17.9. The second-order valence-corrected chi connectivity index (χ2v) is 5.68. The van der Waals surface area contributed by atoms with E-state index in [0.29, 0.717) is 35.6 Å². The molecule has 0 saturated carbocycles. The highest BCUT2D eigenvalue weighted by Gasteiger charge is 2.18. The van der Waals surface area contributed by atoms with Crippen LogP contribution in [-0.2, 0) is 7.05 Å². The van der Waals surface area contributed by atoms with Crippen LogP contribution in [-0.4, -0.2) is 39.6 Å². The maximum absolute atomic E-state index is 12.4. The lowest BCUT2D eigenvalue weighted by Crippen LogP contribution is -2.30. The molecular formula is C18H24N4O2. The molecule has 6 heteroatoms. The van der Waals surface area contributed by atoms with Crippen LogP contribution in [0.2, 0.25) is 0 Å². The summed E-state index contributed by atoms with van der Waals surface area (Å²) in [5, 5.41) is 7.11. The topological polar surface area (TPSA) is 67.2 Å². The van der Waals surface area contributed by atoms with E-state index >= 15 is 0 Å². The normalized spacial score (nSPS) is 10.5. The van der Waals surface area contributed by atoms with Gasteiger partial charge in [0, 0.05) is 37.1 Å². The molecule has 1 N–H and O–H groups in total. The van der Waals surface area contributed by atoms with E-state index in [-0.39, 0.29) is 11.8 Å². The summed E-state index contributed by atoms with van der Waals surface area (Å²) in [7, 11) is 1.81. The molecule has 0 aliphatic rings. The molecular weight excluding hydrogens is 304 g/mol. The van der Waals surface area contributed by atoms with Crippen LogP contribution in [0, 0.1) is 13.8 Å². The number of carbonyl (C=O) groups is 2. The van der Waals surface area contributed by atoms with E-state index in [2.05, 4.69) is 10.4 Å². The van der Waals surface area contributed by atoms with Gasteiger partial charge in [-0.25, -0.2) is 0 Å². The molecule has 0 bridgehead atoms. The first kappa shape index (κ1) is 17.7. The first-order chi connectivity index (χ1) is 11.4. The van der Waals surface area contributed by atoms with E-state index in [4.69, 9.17) is 0 Å². The van der Waals surface area contributed by atoms with E-state index in [1.165, 1.54) is 0 Å². The molecule has 24 heavy (non-hydrogen) atoms. The molecule has 2 aromatic rings. The largest absolute Gasteiger partial charge is 0.339 e.